The molecule has 0 spiro atoms. The van der Waals surface area contributed by atoms with Gasteiger partial charge in [0.15, 0.2) is 17.3 Å². The van der Waals surface area contributed by atoms with Crippen molar-refractivity contribution >= 4 is 11.9 Å². The summed E-state index contributed by atoms with van der Waals surface area (Å²) in [6.45, 7) is 0.518. The average Bonchev–Trinajstić information content (AvgIpc) is 3.29. The van der Waals surface area contributed by atoms with Crippen LogP contribution in [0.15, 0.2) is 66.7 Å². The molecule has 1 aliphatic rings. The molecule has 31 heavy (non-hydrogen) atoms. The van der Waals surface area contributed by atoms with Gasteiger partial charge in [-0.3, -0.25) is 4.79 Å². The summed E-state index contributed by atoms with van der Waals surface area (Å²) in [5.74, 6) is 3.28. The zero-order valence-electron chi connectivity index (χ0n) is 17.3. The maximum atomic E-state index is 12.5. The molecule has 0 atom stereocenters. The number of carbonyl (C=O) groups excluding carboxylic acids is 1. The molecule has 4 rings (SSSR count). The fraction of sp³-hybridized carbons (Fsp3) is 0.160. The average molecular weight is 418 g/mol. The third-order valence-electron chi connectivity index (χ3n) is 4.82. The van der Waals surface area contributed by atoms with Gasteiger partial charge in [0.1, 0.15) is 23.9 Å². The smallest absolute Gasteiger partial charge is 0.231 e. The molecule has 1 aliphatic heterocycles. The molecule has 0 unspecified atom stereocenters. The summed E-state index contributed by atoms with van der Waals surface area (Å²) in [6, 6.07) is 18.2. The molecule has 0 bridgehead atoms. The highest BCUT2D eigenvalue weighted by Crippen LogP contribution is 2.35. The van der Waals surface area contributed by atoms with Crippen molar-refractivity contribution in [2.24, 2.45) is 0 Å². The maximum absolute atomic E-state index is 12.5. The fourth-order valence-corrected chi connectivity index (χ4v) is 3.19. The lowest BCUT2D eigenvalue weighted by molar-refractivity contribution is 0.104. The number of allylic oxidation sites excluding steroid dienone is 1. The molecular weight excluding hydrogens is 396 g/mol. The van der Waals surface area contributed by atoms with Crippen LogP contribution >= 0.6 is 0 Å². The lowest BCUT2D eigenvalue weighted by atomic mass is 10.1. The Balaban J connectivity index is 1.47. The lowest BCUT2D eigenvalue weighted by Gasteiger charge is -2.11. The van der Waals surface area contributed by atoms with E-state index in [1.54, 1.807) is 56.7 Å². The van der Waals surface area contributed by atoms with Crippen LogP contribution in [0, 0.1) is 0 Å². The standard InChI is InChI=1S/C25H22O6/c1-27-20-5-3-4-18(13-20)22(26)9-6-17-7-10-23(28-2)19(12-17)15-29-21-8-11-24-25(14-21)31-16-30-24/h3-14H,15-16H2,1-2H3/b9-6+. The number of rotatable bonds is 8. The molecule has 3 aromatic rings. The number of hydrogen-bond donors (Lipinski definition) is 0. The van der Waals surface area contributed by atoms with Crippen molar-refractivity contribution in [1.82, 2.24) is 0 Å². The Morgan fingerprint density at radius 1 is 0.935 bits per heavy atom. The molecule has 0 saturated heterocycles. The van der Waals surface area contributed by atoms with E-state index in [1.165, 1.54) is 0 Å². The van der Waals surface area contributed by atoms with Gasteiger partial charge in [-0.05, 0) is 48.0 Å². The number of ketones is 1. The van der Waals surface area contributed by atoms with E-state index in [2.05, 4.69) is 0 Å². The summed E-state index contributed by atoms with van der Waals surface area (Å²) < 4.78 is 27.3. The molecule has 1 heterocycles. The van der Waals surface area contributed by atoms with Crippen molar-refractivity contribution in [3.63, 3.8) is 0 Å². The van der Waals surface area contributed by atoms with Gasteiger partial charge in [-0.25, -0.2) is 0 Å². The van der Waals surface area contributed by atoms with Crippen molar-refractivity contribution in [2.45, 2.75) is 6.61 Å². The lowest BCUT2D eigenvalue weighted by Crippen LogP contribution is -1.99. The SMILES string of the molecule is COc1cccc(C(=O)/C=C/c2ccc(OC)c(COc3ccc4c(c3)OCO4)c2)c1. The van der Waals surface area contributed by atoms with E-state index in [0.29, 0.717) is 40.9 Å². The van der Waals surface area contributed by atoms with Crippen LogP contribution in [0.3, 0.4) is 0 Å². The monoisotopic (exact) mass is 418 g/mol. The van der Waals surface area contributed by atoms with Gasteiger partial charge in [-0.2, -0.15) is 0 Å². The molecule has 0 radical (unpaired) electrons. The second-order valence-corrected chi connectivity index (χ2v) is 6.80. The Bertz CT molecular complexity index is 1120. The van der Waals surface area contributed by atoms with Crippen molar-refractivity contribution in [1.29, 1.82) is 0 Å². The van der Waals surface area contributed by atoms with Crippen LogP contribution in [0.2, 0.25) is 0 Å². The third kappa shape index (κ3) is 4.80. The van der Waals surface area contributed by atoms with Crippen LogP contribution in [0.5, 0.6) is 28.7 Å². The molecule has 0 saturated carbocycles. The molecule has 6 heteroatoms. The minimum atomic E-state index is -0.104. The molecule has 0 aromatic heterocycles. The van der Waals surface area contributed by atoms with Crippen molar-refractivity contribution in [3.05, 3.63) is 83.4 Å². The quantitative estimate of drug-likeness (QED) is 0.383. The number of ether oxygens (including phenoxy) is 5. The van der Waals surface area contributed by atoms with Gasteiger partial charge in [0.25, 0.3) is 0 Å². The van der Waals surface area contributed by atoms with E-state index in [0.717, 1.165) is 11.1 Å². The Labute approximate surface area is 180 Å². The predicted molar refractivity (Wildman–Crippen MR) is 116 cm³/mol. The summed E-state index contributed by atoms with van der Waals surface area (Å²) in [5.41, 5.74) is 2.29. The van der Waals surface area contributed by atoms with Crippen LogP contribution in [0.4, 0.5) is 0 Å². The topological polar surface area (TPSA) is 63.2 Å². The number of fused-ring (bicyclic) bond motifs is 1. The largest absolute Gasteiger partial charge is 0.497 e. The summed E-state index contributed by atoms with van der Waals surface area (Å²) in [5, 5.41) is 0. The van der Waals surface area contributed by atoms with Crippen LogP contribution in [-0.4, -0.2) is 26.8 Å². The number of carbonyl (C=O) groups is 1. The van der Waals surface area contributed by atoms with Gasteiger partial charge >= 0.3 is 0 Å². The summed E-state index contributed by atoms with van der Waals surface area (Å²) >= 11 is 0. The minimum absolute atomic E-state index is 0.104. The first-order valence-electron chi connectivity index (χ1n) is 9.72. The second kappa shape index (κ2) is 9.26. The molecular formula is C25H22O6. The number of methoxy groups -OCH3 is 2. The van der Waals surface area contributed by atoms with Gasteiger partial charge in [0, 0.05) is 17.2 Å². The highest BCUT2D eigenvalue weighted by atomic mass is 16.7. The highest BCUT2D eigenvalue weighted by Gasteiger charge is 2.14. The predicted octanol–water partition coefficient (Wildman–Crippen LogP) is 4.91. The molecule has 0 amide bonds. The third-order valence-corrected chi connectivity index (χ3v) is 4.82. The zero-order chi connectivity index (χ0) is 21.6. The van der Waals surface area contributed by atoms with E-state index in [1.807, 2.05) is 30.3 Å². The highest BCUT2D eigenvalue weighted by molar-refractivity contribution is 6.07. The summed E-state index contributed by atoms with van der Waals surface area (Å²) in [7, 11) is 3.19. The van der Waals surface area contributed by atoms with E-state index in [9.17, 15) is 4.79 Å². The van der Waals surface area contributed by atoms with Gasteiger partial charge < -0.3 is 23.7 Å². The Hall–Kier alpha value is -3.93. The molecule has 3 aromatic carbocycles. The van der Waals surface area contributed by atoms with E-state index in [4.69, 9.17) is 23.7 Å². The Kier molecular flexibility index (Phi) is 6.08. The first-order valence-corrected chi connectivity index (χ1v) is 9.72. The van der Waals surface area contributed by atoms with Gasteiger partial charge in [0.2, 0.25) is 6.79 Å². The molecule has 0 aliphatic carbocycles. The molecule has 0 N–H and O–H groups in total. The first kappa shape index (κ1) is 20.3. The summed E-state index contributed by atoms with van der Waals surface area (Å²) in [4.78, 5) is 12.5. The van der Waals surface area contributed by atoms with E-state index < -0.39 is 0 Å². The molecule has 0 fully saturated rings. The van der Waals surface area contributed by atoms with Crippen molar-refractivity contribution in [3.8, 4) is 28.7 Å². The van der Waals surface area contributed by atoms with Gasteiger partial charge in [0.05, 0.1) is 14.2 Å². The minimum Gasteiger partial charge on any atom is -0.497 e. The fourth-order valence-electron chi connectivity index (χ4n) is 3.19. The van der Waals surface area contributed by atoms with Gasteiger partial charge in [-0.15, -0.1) is 0 Å². The van der Waals surface area contributed by atoms with E-state index in [-0.39, 0.29) is 12.6 Å². The van der Waals surface area contributed by atoms with Crippen molar-refractivity contribution < 1.29 is 28.5 Å². The first-order chi connectivity index (χ1) is 15.2. The van der Waals surface area contributed by atoms with Crippen LogP contribution in [0.25, 0.3) is 6.08 Å². The number of benzene rings is 3. The Morgan fingerprint density at radius 3 is 2.65 bits per heavy atom. The van der Waals surface area contributed by atoms with Crippen molar-refractivity contribution in [2.75, 3.05) is 21.0 Å². The summed E-state index contributed by atoms with van der Waals surface area (Å²) in [6.07, 6.45) is 3.31. The normalized spacial score (nSPS) is 12.1. The molecule has 158 valence electrons. The van der Waals surface area contributed by atoms with Crippen LogP contribution in [-0.2, 0) is 6.61 Å². The second-order valence-electron chi connectivity index (χ2n) is 6.80. The van der Waals surface area contributed by atoms with Crippen LogP contribution in [0.1, 0.15) is 21.5 Å². The number of hydrogen-bond acceptors (Lipinski definition) is 6. The maximum Gasteiger partial charge on any atom is 0.231 e. The van der Waals surface area contributed by atoms with E-state index >= 15 is 0 Å². The van der Waals surface area contributed by atoms with Gasteiger partial charge in [-0.1, -0.05) is 24.3 Å². The zero-order valence-corrected chi connectivity index (χ0v) is 17.3. The van der Waals surface area contributed by atoms with Crippen LogP contribution < -0.4 is 23.7 Å². The Morgan fingerprint density at radius 2 is 1.81 bits per heavy atom. The molecule has 6 nitrogen and oxygen atoms in total.